The number of halogens is 2. The average molecular weight is 396 g/mol. The third kappa shape index (κ3) is 5.75. The van der Waals surface area contributed by atoms with Crippen LogP contribution in [0.1, 0.15) is 31.7 Å². The number of hydrogen-bond donors (Lipinski definition) is 1. The van der Waals surface area contributed by atoms with E-state index in [1.807, 2.05) is 26.0 Å². The van der Waals surface area contributed by atoms with E-state index in [0.29, 0.717) is 11.6 Å². The molecule has 0 saturated carbocycles. The molecule has 0 saturated heterocycles. The van der Waals surface area contributed by atoms with E-state index in [1.165, 1.54) is 6.07 Å². The van der Waals surface area contributed by atoms with Crippen LogP contribution in [-0.4, -0.2) is 27.1 Å². The summed E-state index contributed by atoms with van der Waals surface area (Å²) < 4.78 is 51.5. The number of nitrogens with zero attached hydrogens (tertiary/aromatic N) is 1. The maximum absolute atomic E-state index is 13.2. The molecule has 0 spiro atoms. The van der Waals surface area contributed by atoms with Crippen LogP contribution < -0.4 is 9.62 Å². The second-order valence-corrected chi connectivity index (χ2v) is 8.42. The van der Waals surface area contributed by atoms with Gasteiger partial charge in [0.1, 0.15) is 0 Å². The Kier molecular flexibility index (Phi) is 6.54. The molecule has 0 aromatic heterocycles. The fraction of sp³-hybridized carbons (Fsp3) is 0.316. The first-order chi connectivity index (χ1) is 12.6. The average Bonchev–Trinajstić information content (AvgIpc) is 2.57. The number of amides is 1. The Hall–Kier alpha value is -2.48. The van der Waals surface area contributed by atoms with E-state index in [0.717, 1.165) is 28.3 Å². The van der Waals surface area contributed by atoms with Gasteiger partial charge in [0.15, 0.2) is 11.6 Å². The monoisotopic (exact) mass is 396 g/mol. The lowest BCUT2D eigenvalue weighted by atomic mass is 10.0. The highest BCUT2D eigenvalue weighted by atomic mass is 32.2. The van der Waals surface area contributed by atoms with Gasteiger partial charge in [-0.25, -0.2) is 17.2 Å². The minimum atomic E-state index is -3.59. The first kappa shape index (κ1) is 20.8. The molecule has 0 heterocycles. The number of benzene rings is 2. The van der Waals surface area contributed by atoms with Crippen molar-refractivity contribution >= 4 is 27.3 Å². The lowest BCUT2D eigenvalue weighted by Gasteiger charge is -2.22. The maximum Gasteiger partial charge on any atom is 0.232 e. The SMILES string of the molecule is CC(C)c1ccc(N(CCC(=O)Nc2ccc(F)c(F)c2)S(C)(=O)=O)cc1. The quantitative estimate of drug-likeness (QED) is 0.772. The highest BCUT2D eigenvalue weighted by Crippen LogP contribution is 2.22. The van der Waals surface area contributed by atoms with Gasteiger partial charge >= 0.3 is 0 Å². The third-order valence-corrected chi connectivity index (χ3v) is 5.19. The molecule has 0 aliphatic carbocycles. The number of anilines is 2. The topological polar surface area (TPSA) is 66.5 Å². The van der Waals surface area contributed by atoms with Crippen molar-refractivity contribution in [2.45, 2.75) is 26.2 Å². The van der Waals surface area contributed by atoms with Gasteiger partial charge in [-0.2, -0.15) is 0 Å². The molecule has 0 fully saturated rings. The van der Waals surface area contributed by atoms with Crippen molar-refractivity contribution in [1.82, 2.24) is 0 Å². The standard InChI is InChI=1S/C19H22F2N2O3S/c1-13(2)14-4-7-16(8-5-14)23(27(3,25)26)11-10-19(24)22-15-6-9-17(20)18(21)12-15/h4-9,12-13H,10-11H2,1-3H3,(H,22,24). The summed E-state index contributed by atoms with van der Waals surface area (Å²) in [5.74, 6) is -2.28. The normalized spacial score (nSPS) is 11.5. The summed E-state index contributed by atoms with van der Waals surface area (Å²) in [6.45, 7) is 3.99. The smallest absolute Gasteiger partial charge is 0.232 e. The van der Waals surface area contributed by atoms with Crippen molar-refractivity contribution < 1.29 is 22.0 Å². The lowest BCUT2D eigenvalue weighted by molar-refractivity contribution is -0.116. The van der Waals surface area contributed by atoms with Crippen LogP contribution in [0, 0.1) is 11.6 Å². The number of carbonyl (C=O) groups excluding carboxylic acids is 1. The zero-order valence-corrected chi connectivity index (χ0v) is 16.2. The predicted molar refractivity (Wildman–Crippen MR) is 102 cm³/mol. The van der Waals surface area contributed by atoms with E-state index in [2.05, 4.69) is 5.32 Å². The van der Waals surface area contributed by atoms with Gasteiger partial charge in [0.2, 0.25) is 15.9 Å². The van der Waals surface area contributed by atoms with Crippen LogP contribution in [0.4, 0.5) is 20.2 Å². The largest absolute Gasteiger partial charge is 0.326 e. The summed E-state index contributed by atoms with van der Waals surface area (Å²) in [6.07, 6.45) is 0.925. The number of hydrogen-bond acceptors (Lipinski definition) is 3. The van der Waals surface area contributed by atoms with Gasteiger partial charge in [-0.15, -0.1) is 0 Å². The first-order valence-electron chi connectivity index (χ1n) is 8.40. The van der Waals surface area contributed by atoms with Crippen LogP contribution in [-0.2, 0) is 14.8 Å². The van der Waals surface area contributed by atoms with Crippen LogP contribution >= 0.6 is 0 Å². The molecule has 27 heavy (non-hydrogen) atoms. The highest BCUT2D eigenvalue weighted by molar-refractivity contribution is 7.92. The fourth-order valence-corrected chi connectivity index (χ4v) is 3.44. The summed E-state index contributed by atoms with van der Waals surface area (Å²) in [5.41, 5.74) is 1.64. The summed E-state index contributed by atoms with van der Waals surface area (Å²) in [5, 5.41) is 2.43. The van der Waals surface area contributed by atoms with Gasteiger partial charge in [-0.3, -0.25) is 9.10 Å². The predicted octanol–water partition coefficient (Wildman–Crippen LogP) is 3.88. The minimum Gasteiger partial charge on any atom is -0.326 e. The highest BCUT2D eigenvalue weighted by Gasteiger charge is 2.19. The van der Waals surface area contributed by atoms with Crippen molar-refractivity contribution in [3.63, 3.8) is 0 Å². The van der Waals surface area contributed by atoms with Crippen LogP contribution in [0.25, 0.3) is 0 Å². The van der Waals surface area contributed by atoms with Gasteiger partial charge in [-0.05, 0) is 35.7 Å². The van der Waals surface area contributed by atoms with Crippen molar-refractivity contribution in [2.75, 3.05) is 22.4 Å². The third-order valence-electron chi connectivity index (χ3n) is 3.99. The van der Waals surface area contributed by atoms with Gasteiger partial charge in [0, 0.05) is 24.7 Å². The van der Waals surface area contributed by atoms with E-state index >= 15 is 0 Å². The molecule has 2 aromatic carbocycles. The molecule has 0 aliphatic rings. The Balaban J connectivity index is 2.08. The van der Waals surface area contributed by atoms with E-state index in [4.69, 9.17) is 0 Å². The zero-order chi connectivity index (χ0) is 20.2. The summed E-state index contributed by atoms with van der Waals surface area (Å²) in [6, 6.07) is 10.1. The molecule has 0 bridgehead atoms. The molecule has 2 aromatic rings. The second kappa shape index (κ2) is 8.47. The van der Waals surface area contributed by atoms with E-state index < -0.39 is 27.6 Å². The molecule has 0 atom stereocenters. The van der Waals surface area contributed by atoms with Crippen LogP contribution in [0.5, 0.6) is 0 Å². The van der Waals surface area contributed by atoms with Crippen LogP contribution in [0.2, 0.25) is 0 Å². The summed E-state index contributed by atoms with van der Waals surface area (Å²) in [7, 11) is -3.59. The molecule has 2 rings (SSSR count). The molecular formula is C19H22F2N2O3S. The Morgan fingerprint density at radius 3 is 2.22 bits per heavy atom. The maximum atomic E-state index is 13.2. The van der Waals surface area contributed by atoms with Crippen molar-refractivity contribution in [2.24, 2.45) is 0 Å². The Morgan fingerprint density at radius 2 is 1.70 bits per heavy atom. The first-order valence-corrected chi connectivity index (χ1v) is 10.3. The molecule has 0 radical (unpaired) electrons. The zero-order valence-electron chi connectivity index (χ0n) is 15.4. The Labute approximate surface area is 158 Å². The second-order valence-electron chi connectivity index (χ2n) is 6.51. The van der Waals surface area contributed by atoms with Gasteiger partial charge < -0.3 is 5.32 Å². The molecule has 1 amide bonds. The molecule has 0 unspecified atom stereocenters. The number of nitrogens with one attached hydrogen (secondary N) is 1. The van der Waals surface area contributed by atoms with Crippen LogP contribution in [0.15, 0.2) is 42.5 Å². The van der Waals surface area contributed by atoms with Gasteiger partial charge in [0.25, 0.3) is 0 Å². The van der Waals surface area contributed by atoms with Crippen molar-refractivity contribution in [3.05, 3.63) is 59.7 Å². The molecule has 0 aliphatic heterocycles. The van der Waals surface area contributed by atoms with Crippen molar-refractivity contribution in [3.8, 4) is 0 Å². The number of carbonyl (C=O) groups is 1. The lowest BCUT2D eigenvalue weighted by Crippen LogP contribution is -2.33. The van der Waals surface area contributed by atoms with Crippen molar-refractivity contribution in [1.29, 1.82) is 0 Å². The molecule has 5 nitrogen and oxygen atoms in total. The fourth-order valence-electron chi connectivity index (χ4n) is 2.51. The van der Waals surface area contributed by atoms with Crippen LogP contribution in [0.3, 0.4) is 0 Å². The number of sulfonamides is 1. The van der Waals surface area contributed by atoms with E-state index in [-0.39, 0.29) is 18.7 Å². The summed E-state index contributed by atoms with van der Waals surface area (Å²) in [4.78, 5) is 12.1. The van der Waals surface area contributed by atoms with Gasteiger partial charge in [-0.1, -0.05) is 26.0 Å². The minimum absolute atomic E-state index is 0.0740. The molecular weight excluding hydrogens is 374 g/mol. The Morgan fingerprint density at radius 1 is 1.07 bits per heavy atom. The molecule has 8 heteroatoms. The number of rotatable bonds is 7. The van der Waals surface area contributed by atoms with Gasteiger partial charge in [0.05, 0.1) is 11.9 Å². The Bertz CT molecular complexity index is 913. The molecule has 1 N–H and O–H groups in total. The summed E-state index contributed by atoms with van der Waals surface area (Å²) >= 11 is 0. The molecule has 146 valence electrons. The van der Waals surface area contributed by atoms with E-state index in [9.17, 15) is 22.0 Å². The van der Waals surface area contributed by atoms with E-state index in [1.54, 1.807) is 12.1 Å².